The summed E-state index contributed by atoms with van der Waals surface area (Å²) < 4.78 is 12.2. The molecule has 0 bridgehead atoms. The third-order valence-corrected chi connectivity index (χ3v) is 12.7. The summed E-state index contributed by atoms with van der Waals surface area (Å²) in [5, 5.41) is 9.16. The fourth-order valence-electron chi connectivity index (χ4n) is 4.66. The minimum atomic E-state index is -1.98. The van der Waals surface area contributed by atoms with E-state index in [4.69, 9.17) is 14.3 Å². The minimum absolute atomic E-state index is 0.0381. The number of hydrazone groups is 1. The topological polar surface area (TPSA) is 80.2 Å². The van der Waals surface area contributed by atoms with E-state index in [-0.39, 0.29) is 18.0 Å². The van der Waals surface area contributed by atoms with Crippen LogP contribution in [0.15, 0.2) is 120 Å². The summed E-state index contributed by atoms with van der Waals surface area (Å²) in [6.45, 7) is 16.4. The number of nitrogens with one attached hydrogen (secondary N) is 1. The zero-order valence-corrected chi connectivity index (χ0v) is 31.5. The lowest BCUT2D eigenvalue weighted by molar-refractivity contribution is -0.157. The van der Waals surface area contributed by atoms with Crippen LogP contribution in [-0.4, -0.2) is 49.2 Å². The zero-order valence-electron chi connectivity index (χ0n) is 30.5. The van der Waals surface area contributed by atoms with Crippen LogP contribution in [0.3, 0.4) is 0 Å². The Balaban J connectivity index is 1.68. The van der Waals surface area contributed by atoms with Gasteiger partial charge in [0.2, 0.25) is 8.32 Å². The summed E-state index contributed by atoms with van der Waals surface area (Å²) in [7, 11) is -1.98. The first-order valence-electron chi connectivity index (χ1n) is 16.9. The van der Waals surface area contributed by atoms with E-state index < -0.39 is 32.0 Å². The van der Waals surface area contributed by atoms with Gasteiger partial charge in [0.1, 0.15) is 23.9 Å². The first-order chi connectivity index (χ1) is 23.6. The molecule has 7 nitrogen and oxygen atoms in total. The van der Waals surface area contributed by atoms with Gasteiger partial charge < -0.3 is 14.5 Å². The van der Waals surface area contributed by atoms with Crippen LogP contribution in [0.4, 0.5) is 4.79 Å². The maximum atomic E-state index is 14.1. The Labute approximate surface area is 298 Å². The van der Waals surface area contributed by atoms with Gasteiger partial charge >= 0.3 is 12.0 Å². The molecule has 0 heterocycles. The molecule has 8 heteroatoms. The van der Waals surface area contributed by atoms with Crippen LogP contribution in [0, 0.1) is 11.8 Å². The van der Waals surface area contributed by atoms with Crippen molar-refractivity contribution < 1.29 is 18.8 Å². The number of benzene rings is 4. The highest BCUT2D eigenvalue weighted by molar-refractivity contribution is 6.74. The van der Waals surface area contributed by atoms with E-state index in [1.807, 2.05) is 115 Å². The number of nitrogens with zero attached hydrogens (tertiary/aromatic N) is 2. The number of carbonyl (C=O) groups excluding carboxylic acids is 2. The Bertz CT molecular complexity index is 1760. The van der Waals surface area contributed by atoms with Crippen molar-refractivity contribution in [2.75, 3.05) is 6.54 Å². The summed E-state index contributed by atoms with van der Waals surface area (Å²) >= 11 is 0. The molecule has 0 unspecified atom stereocenters. The first kappa shape index (κ1) is 37.7. The Morgan fingerprint density at radius 1 is 0.780 bits per heavy atom. The summed E-state index contributed by atoms with van der Waals surface area (Å²) in [5.74, 6) is 6.59. The predicted molar refractivity (Wildman–Crippen MR) is 205 cm³/mol. The molecule has 0 saturated heterocycles. The standard InChI is InChI=1S/C42H49N3O4Si/c1-41(2,3)48-39(46)37(31-33-19-12-9-13-20-33)43-40(47)45(44-38(34-22-14-10-15-23-34)35-24-16-11-17-25-35)30-18-21-32-26-28-36(29-27-32)49-50(7,8)42(4,5)6/h9-17,19-20,22-29,37H,30-31H2,1-8H3,(H,43,47)/t37-/m1/s1. The van der Waals surface area contributed by atoms with Crippen LogP contribution >= 0.6 is 0 Å². The first-order valence-corrected chi connectivity index (χ1v) is 19.8. The molecule has 2 amide bonds. The van der Waals surface area contributed by atoms with Gasteiger partial charge in [-0.05, 0) is 68.7 Å². The molecule has 4 aromatic rings. The van der Waals surface area contributed by atoms with E-state index in [1.165, 1.54) is 5.01 Å². The molecule has 50 heavy (non-hydrogen) atoms. The van der Waals surface area contributed by atoms with Gasteiger partial charge in [0, 0.05) is 23.1 Å². The lowest BCUT2D eigenvalue weighted by Crippen LogP contribution is -2.49. The molecule has 0 aliphatic carbocycles. The highest BCUT2D eigenvalue weighted by Crippen LogP contribution is 2.37. The molecule has 1 N–H and O–H groups in total. The summed E-state index contributed by atoms with van der Waals surface area (Å²) in [6.07, 6.45) is 0.248. The molecule has 0 radical (unpaired) electrons. The molecule has 0 aromatic heterocycles. The summed E-state index contributed by atoms with van der Waals surface area (Å²) in [4.78, 5) is 27.6. The van der Waals surface area contributed by atoms with E-state index in [0.29, 0.717) is 5.71 Å². The van der Waals surface area contributed by atoms with Gasteiger partial charge in [-0.25, -0.2) is 14.6 Å². The smallest absolute Gasteiger partial charge is 0.339 e. The van der Waals surface area contributed by atoms with Crippen molar-refractivity contribution in [1.29, 1.82) is 0 Å². The maximum Gasteiger partial charge on any atom is 0.339 e. The molecule has 0 saturated carbocycles. The van der Waals surface area contributed by atoms with E-state index >= 15 is 0 Å². The van der Waals surface area contributed by atoms with Crippen molar-refractivity contribution in [2.24, 2.45) is 5.10 Å². The Hall–Kier alpha value is -5.13. The molecule has 1 atom stereocenters. The van der Waals surface area contributed by atoms with Crippen molar-refractivity contribution in [3.8, 4) is 17.6 Å². The molecule has 0 aliphatic rings. The Kier molecular flexibility index (Phi) is 12.4. The summed E-state index contributed by atoms with van der Waals surface area (Å²) in [5.41, 5.74) is 3.17. The fraction of sp³-hybridized carbons (Fsp3) is 0.310. The van der Waals surface area contributed by atoms with Crippen molar-refractivity contribution in [1.82, 2.24) is 10.3 Å². The second kappa shape index (κ2) is 16.5. The number of esters is 1. The molecule has 260 valence electrons. The van der Waals surface area contributed by atoms with Gasteiger partial charge in [-0.1, -0.05) is 124 Å². The Morgan fingerprint density at radius 2 is 1.30 bits per heavy atom. The van der Waals surface area contributed by atoms with Crippen LogP contribution in [0.25, 0.3) is 0 Å². The van der Waals surface area contributed by atoms with Crippen LogP contribution in [-0.2, 0) is 16.0 Å². The fourth-order valence-corrected chi connectivity index (χ4v) is 5.69. The number of carbonyl (C=O) groups is 2. The summed E-state index contributed by atoms with van der Waals surface area (Å²) in [6, 6.07) is 35.0. The van der Waals surface area contributed by atoms with Crippen LogP contribution in [0.5, 0.6) is 5.75 Å². The van der Waals surface area contributed by atoms with Gasteiger partial charge in [0.05, 0.1) is 5.71 Å². The van der Waals surface area contributed by atoms with E-state index in [0.717, 1.165) is 28.0 Å². The van der Waals surface area contributed by atoms with E-state index in [1.54, 1.807) is 20.8 Å². The van der Waals surface area contributed by atoms with Crippen molar-refractivity contribution in [3.63, 3.8) is 0 Å². The molecule has 0 spiro atoms. The quantitative estimate of drug-likeness (QED) is 0.0594. The average Bonchev–Trinajstić information content (AvgIpc) is 3.06. The van der Waals surface area contributed by atoms with Crippen LogP contribution < -0.4 is 9.74 Å². The average molecular weight is 688 g/mol. The predicted octanol–water partition coefficient (Wildman–Crippen LogP) is 8.84. The van der Waals surface area contributed by atoms with Gasteiger partial charge in [0.25, 0.3) is 0 Å². The molecule has 0 fully saturated rings. The number of urea groups is 1. The minimum Gasteiger partial charge on any atom is -0.544 e. The van der Waals surface area contributed by atoms with Crippen LogP contribution in [0.1, 0.15) is 63.8 Å². The largest absolute Gasteiger partial charge is 0.544 e. The molecular formula is C42H49N3O4Si. The highest BCUT2D eigenvalue weighted by Gasteiger charge is 2.39. The lowest BCUT2D eigenvalue weighted by Gasteiger charge is -2.36. The Morgan fingerprint density at radius 3 is 1.80 bits per heavy atom. The second-order valence-corrected chi connectivity index (χ2v) is 19.4. The highest BCUT2D eigenvalue weighted by atomic mass is 28.4. The van der Waals surface area contributed by atoms with Gasteiger partial charge in [-0.3, -0.25) is 0 Å². The normalized spacial score (nSPS) is 12.1. The van der Waals surface area contributed by atoms with Gasteiger partial charge in [-0.15, -0.1) is 0 Å². The van der Waals surface area contributed by atoms with E-state index in [2.05, 4.69) is 51.0 Å². The molecular weight excluding hydrogens is 639 g/mol. The second-order valence-electron chi connectivity index (χ2n) is 14.7. The van der Waals surface area contributed by atoms with Crippen LogP contribution in [0.2, 0.25) is 18.1 Å². The lowest BCUT2D eigenvalue weighted by atomic mass is 10.0. The molecule has 4 rings (SSSR count). The monoisotopic (exact) mass is 687 g/mol. The number of amides is 2. The van der Waals surface area contributed by atoms with Gasteiger partial charge in [0.15, 0.2) is 0 Å². The van der Waals surface area contributed by atoms with Gasteiger partial charge in [-0.2, -0.15) is 5.10 Å². The van der Waals surface area contributed by atoms with Crippen molar-refractivity contribution >= 4 is 26.0 Å². The van der Waals surface area contributed by atoms with E-state index in [9.17, 15) is 9.59 Å². The molecule has 4 aromatic carbocycles. The number of hydrogen-bond acceptors (Lipinski definition) is 5. The number of hydrogen-bond donors (Lipinski definition) is 1. The SMILES string of the molecule is CC(C)(C)OC(=O)[C@@H](Cc1ccccc1)NC(=O)N(CC#Cc1ccc(O[Si](C)(C)C(C)(C)C)cc1)N=C(c1ccccc1)c1ccccc1. The third-order valence-electron chi connectivity index (χ3n) is 8.32. The third kappa shape index (κ3) is 11.2. The van der Waals surface area contributed by atoms with Crippen molar-refractivity contribution in [2.45, 2.75) is 77.7 Å². The zero-order chi connectivity index (χ0) is 36.4. The number of ether oxygens (including phenoxy) is 1. The molecule has 0 aliphatic heterocycles. The maximum absolute atomic E-state index is 14.1. The van der Waals surface area contributed by atoms with Crippen molar-refractivity contribution in [3.05, 3.63) is 138 Å². The number of rotatable bonds is 10.